The standard InChI is InChI=1S/C13H21N5O2/c1-7(2)9-8(14)10(17-16-9)11(19)18-6-5-15-12(20)13(18,3)4/h7H,5-6,14H2,1-4H3,(H,15,20)(H,16,17). The zero-order valence-electron chi connectivity index (χ0n) is 12.3. The fourth-order valence-corrected chi connectivity index (χ4v) is 2.35. The third-order valence-electron chi connectivity index (χ3n) is 3.71. The molecule has 2 heterocycles. The van der Waals surface area contributed by atoms with Gasteiger partial charge in [-0.2, -0.15) is 5.10 Å². The number of nitrogens with one attached hydrogen (secondary N) is 2. The molecule has 2 amide bonds. The zero-order chi connectivity index (χ0) is 15.1. The second-order valence-corrected chi connectivity index (χ2v) is 5.83. The lowest BCUT2D eigenvalue weighted by Gasteiger charge is -2.40. The van der Waals surface area contributed by atoms with E-state index in [1.807, 2.05) is 13.8 Å². The Morgan fingerprint density at radius 3 is 2.65 bits per heavy atom. The van der Waals surface area contributed by atoms with E-state index in [0.717, 1.165) is 5.69 Å². The molecule has 7 nitrogen and oxygen atoms in total. The van der Waals surface area contributed by atoms with E-state index in [9.17, 15) is 9.59 Å². The summed E-state index contributed by atoms with van der Waals surface area (Å²) in [6.45, 7) is 8.25. The Bertz CT molecular complexity index is 547. The monoisotopic (exact) mass is 279 g/mol. The largest absolute Gasteiger partial charge is 0.395 e. The number of aromatic nitrogens is 2. The van der Waals surface area contributed by atoms with Gasteiger partial charge in [0.2, 0.25) is 5.91 Å². The molecule has 0 spiro atoms. The molecule has 1 aromatic heterocycles. The number of hydrogen-bond donors (Lipinski definition) is 3. The summed E-state index contributed by atoms with van der Waals surface area (Å²) in [5, 5.41) is 9.59. The van der Waals surface area contributed by atoms with Gasteiger partial charge in [-0.1, -0.05) is 13.8 Å². The molecule has 2 rings (SSSR count). The second-order valence-electron chi connectivity index (χ2n) is 5.83. The smallest absolute Gasteiger partial charge is 0.277 e. The summed E-state index contributed by atoms with van der Waals surface area (Å²) < 4.78 is 0. The molecule has 4 N–H and O–H groups in total. The number of rotatable bonds is 2. The Balaban J connectivity index is 2.34. The highest BCUT2D eigenvalue weighted by atomic mass is 16.2. The molecule has 0 aromatic carbocycles. The minimum Gasteiger partial charge on any atom is -0.395 e. The minimum absolute atomic E-state index is 0.154. The zero-order valence-corrected chi connectivity index (χ0v) is 12.3. The number of amides is 2. The number of hydrogen-bond acceptors (Lipinski definition) is 4. The quantitative estimate of drug-likeness (QED) is 0.731. The molecule has 20 heavy (non-hydrogen) atoms. The average Bonchev–Trinajstić information content (AvgIpc) is 2.74. The predicted octanol–water partition coefficient (Wildman–Crippen LogP) is 0.466. The Kier molecular flexibility index (Phi) is 3.45. The highest BCUT2D eigenvalue weighted by molar-refractivity contribution is 6.01. The van der Waals surface area contributed by atoms with Crippen molar-refractivity contribution in [1.82, 2.24) is 20.4 Å². The molecule has 110 valence electrons. The van der Waals surface area contributed by atoms with Crippen molar-refractivity contribution < 1.29 is 9.59 Å². The average molecular weight is 279 g/mol. The van der Waals surface area contributed by atoms with Gasteiger partial charge in [-0.05, 0) is 19.8 Å². The summed E-state index contributed by atoms with van der Waals surface area (Å²) >= 11 is 0. The van der Waals surface area contributed by atoms with Crippen LogP contribution in [-0.4, -0.2) is 45.5 Å². The maximum atomic E-state index is 12.6. The molecule has 0 radical (unpaired) electrons. The minimum atomic E-state index is -0.904. The molecule has 7 heteroatoms. The normalized spacial score (nSPS) is 18.2. The summed E-state index contributed by atoms with van der Waals surface area (Å²) in [5.41, 5.74) is 6.39. The number of nitrogens with two attached hydrogens (primary N) is 1. The highest BCUT2D eigenvalue weighted by Crippen LogP contribution is 2.26. The molecule has 0 unspecified atom stereocenters. The number of carbonyl (C=O) groups is 2. The maximum Gasteiger partial charge on any atom is 0.277 e. The SMILES string of the molecule is CC(C)c1[nH]nc(C(=O)N2CCNC(=O)C2(C)C)c1N. The van der Waals surface area contributed by atoms with Crippen LogP contribution in [0.4, 0.5) is 5.69 Å². The summed E-state index contributed by atoms with van der Waals surface area (Å²) in [7, 11) is 0. The number of carbonyl (C=O) groups excluding carboxylic acids is 2. The number of aromatic amines is 1. The van der Waals surface area contributed by atoms with Crippen molar-refractivity contribution in [3.05, 3.63) is 11.4 Å². The van der Waals surface area contributed by atoms with E-state index in [0.29, 0.717) is 18.8 Å². The fraction of sp³-hybridized carbons (Fsp3) is 0.615. The first-order valence-electron chi connectivity index (χ1n) is 6.70. The van der Waals surface area contributed by atoms with E-state index in [-0.39, 0.29) is 23.4 Å². The van der Waals surface area contributed by atoms with Gasteiger partial charge in [-0.25, -0.2) is 0 Å². The maximum absolute atomic E-state index is 12.6. The van der Waals surface area contributed by atoms with Crippen molar-refractivity contribution in [1.29, 1.82) is 0 Å². The van der Waals surface area contributed by atoms with Gasteiger partial charge in [0.25, 0.3) is 5.91 Å². The van der Waals surface area contributed by atoms with Crippen LogP contribution in [0.15, 0.2) is 0 Å². The number of nitrogen functional groups attached to an aromatic ring is 1. The topological polar surface area (TPSA) is 104 Å². The molecule has 1 aromatic rings. The van der Waals surface area contributed by atoms with Crippen molar-refractivity contribution in [2.45, 2.75) is 39.2 Å². The molecule has 1 aliphatic rings. The first-order chi connectivity index (χ1) is 9.26. The first-order valence-corrected chi connectivity index (χ1v) is 6.70. The van der Waals surface area contributed by atoms with Gasteiger partial charge in [0.1, 0.15) is 5.54 Å². The lowest BCUT2D eigenvalue weighted by molar-refractivity contribution is -0.133. The van der Waals surface area contributed by atoms with Gasteiger partial charge in [0.05, 0.1) is 11.4 Å². The van der Waals surface area contributed by atoms with Crippen LogP contribution >= 0.6 is 0 Å². The Morgan fingerprint density at radius 2 is 2.10 bits per heavy atom. The predicted molar refractivity (Wildman–Crippen MR) is 75.2 cm³/mol. The molecule has 1 fully saturated rings. The van der Waals surface area contributed by atoms with Crippen LogP contribution in [-0.2, 0) is 4.79 Å². The van der Waals surface area contributed by atoms with Gasteiger partial charge in [0.15, 0.2) is 5.69 Å². The van der Waals surface area contributed by atoms with Crippen molar-refractivity contribution >= 4 is 17.5 Å². The Labute approximate surface area is 117 Å². The molecule has 1 saturated heterocycles. The number of nitrogens with zero attached hydrogens (tertiary/aromatic N) is 2. The van der Waals surface area contributed by atoms with Crippen molar-refractivity contribution in [2.24, 2.45) is 0 Å². The van der Waals surface area contributed by atoms with Crippen LogP contribution in [0, 0.1) is 0 Å². The molecule has 0 bridgehead atoms. The molecular formula is C13H21N5O2. The van der Waals surface area contributed by atoms with Crippen LogP contribution in [0.1, 0.15) is 49.8 Å². The van der Waals surface area contributed by atoms with Crippen LogP contribution in [0.25, 0.3) is 0 Å². The summed E-state index contributed by atoms with van der Waals surface area (Å²) in [4.78, 5) is 26.0. The van der Waals surface area contributed by atoms with Crippen LogP contribution < -0.4 is 11.1 Å². The third kappa shape index (κ3) is 2.13. The van der Waals surface area contributed by atoms with Gasteiger partial charge < -0.3 is 16.0 Å². The van der Waals surface area contributed by atoms with Gasteiger partial charge in [-0.15, -0.1) is 0 Å². The molecular weight excluding hydrogens is 258 g/mol. The molecule has 0 saturated carbocycles. The van der Waals surface area contributed by atoms with E-state index in [2.05, 4.69) is 15.5 Å². The number of piperazine rings is 1. The van der Waals surface area contributed by atoms with Crippen molar-refractivity contribution in [3.8, 4) is 0 Å². The lowest BCUT2D eigenvalue weighted by Crippen LogP contribution is -2.63. The summed E-state index contributed by atoms with van der Waals surface area (Å²) in [6.07, 6.45) is 0. The molecule has 0 atom stereocenters. The first kappa shape index (κ1) is 14.4. The van der Waals surface area contributed by atoms with Crippen LogP contribution in [0.3, 0.4) is 0 Å². The van der Waals surface area contributed by atoms with Crippen molar-refractivity contribution in [2.75, 3.05) is 18.8 Å². The van der Waals surface area contributed by atoms with Crippen LogP contribution in [0.5, 0.6) is 0 Å². The van der Waals surface area contributed by atoms with Gasteiger partial charge >= 0.3 is 0 Å². The van der Waals surface area contributed by atoms with E-state index in [1.165, 1.54) is 4.90 Å². The Hall–Kier alpha value is -2.05. The highest BCUT2D eigenvalue weighted by Gasteiger charge is 2.42. The van der Waals surface area contributed by atoms with E-state index in [1.54, 1.807) is 13.8 Å². The molecule has 0 aliphatic carbocycles. The number of H-pyrrole nitrogens is 1. The van der Waals surface area contributed by atoms with E-state index in [4.69, 9.17) is 5.73 Å². The van der Waals surface area contributed by atoms with Gasteiger partial charge in [0, 0.05) is 13.1 Å². The second kappa shape index (κ2) is 4.81. The van der Waals surface area contributed by atoms with Gasteiger partial charge in [-0.3, -0.25) is 14.7 Å². The third-order valence-corrected chi connectivity index (χ3v) is 3.71. The summed E-state index contributed by atoms with van der Waals surface area (Å²) in [6, 6.07) is 0. The van der Waals surface area contributed by atoms with E-state index >= 15 is 0 Å². The van der Waals surface area contributed by atoms with Crippen LogP contribution in [0.2, 0.25) is 0 Å². The molecule has 1 aliphatic heterocycles. The fourth-order valence-electron chi connectivity index (χ4n) is 2.35. The van der Waals surface area contributed by atoms with E-state index < -0.39 is 5.54 Å². The number of anilines is 1. The van der Waals surface area contributed by atoms with Crippen molar-refractivity contribution in [3.63, 3.8) is 0 Å². The summed E-state index contributed by atoms with van der Waals surface area (Å²) in [5.74, 6) is -0.331. The lowest BCUT2D eigenvalue weighted by atomic mass is 9.98. The Morgan fingerprint density at radius 1 is 1.45 bits per heavy atom.